The average Bonchev–Trinajstić information content (AvgIpc) is 2.95. The van der Waals surface area contributed by atoms with Crippen molar-refractivity contribution >= 4 is 15.7 Å². The predicted molar refractivity (Wildman–Crippen MR) is 74.5 cm³/mol. The quantitative estimate of drug-likeness (QED) is 0.883. The Labute approximate surface area is 113 Å². The number of unbranched alkanes of at least 4 members (excludes halogenated alkanes) is 1. The molecule has 6 heteroatoms. The number of H-pyrrole nitrogens is 1. The summed E-state index contributed by atoms with van der Waals surface area (Å²) >= 11 is 0. The van der Waals surface area contributed by atoms with Crippen LogP contribution in [0.2, 0.25) is 0 Å². The molecule has 2 rings (SSSR count). The third kappa shape index (κ3) is 2.96. The molecule has 1 aromatic heterocycles. The number of rotatable bonds is 6. The van der Waals surface area contributed by atoms with Crippen molar-refractivity contribution < 1.29 is 8.42 Å². The zero-order valence-corrected chi connectivity index (χ0v) is 11.6. The van der Waals surface area contributed by atoms with Gasteiger partial charge in [-0.1, -0.05) is 31.5 Å². The number of para-hydroxylation sites is 1. The van der Waals surface area contributed by atoms with E-state index in [9.17, 15) is 8.42 Å². The van der Waals surface area contributed by atoms with Gasteiger partial charge in [-0.05, 0) is 18.6 Å². The fourth-order valence-corrected chi connectivity index (χ4v) is 3.19. The summed E-state index contributed by atoms with van der Waals surface area (Å²) in [6.45, 7) is 2.49. The molecule has 1 heterocycles. The number of nitrogens with zero attached hydrogens (tertiary/aromatic N) is 2. The van der Waals surface area contributed by atoms with E-state index >= 15 is 0 Å². The van der Waals surface area contributed by atoms with Crippen molar-refractivity contribution in [3.63, 3.8) is 0 Å². The van der Waals surface area contributed by atoms with E-state index in [2.05, 4.69) is 9.97 Å². The van der Waals surface area contributed by atoms with E-state index in [4.69, 9.17) is 0 Å². The largest absolute Gasteiger partial charge is 0.334 e. The maximum absolute atomic E-state index is 12.6. The standard InChI is InChI=1S/C13H17N3O2S/c1-2-3-9-16(12-7-5-4-6-8-12)19(17,18)13-10-14-11-15-13/h4-8,10-11H,2-3,9H2,1H3,(H,14,15). The molecule has 1 N–H and O–H groups in total. The Morgan fingerprint density at radius 1 is 1.26 bits per heavy atom. The minimum Gasteiger partial charge on any atom is -0.334 e. The number of hydrogen-bond acceptors (Lipinski definition) is 3. The van der Waals surface area contributed by atoms with Gasteiger partial charge in [-0.2, -0.15) is 8.42 Å². The molecule has 0 saturated carbocycles. The first-order chi connectivity index (χ1) is 9.16. The van der Waals surface area contributed by atoms with Gasteiger partial charge in [0.1, 0.15) is 0 Å². The van der Waals surface area contributed by atoms with Crippen molar-refractivity contribution in [3.05, 3.63) is 42.9 Å². The van der Waals surface area contributed by atoms with Crippen LogP contribution in [0.25, 0.3) is 0 Å². The lowest BCUT2D eigenvalue weighted by atomic mass is 10.3. The first-order valence-electron chi connectivity index (χ1n) is 6.22. The highest BCUT2D eigenvalue weighted by Gasteiger charge is 2.25. The number of aromatic amines is 1. The first-order valence-corrected chi connectivity index (χ1v) is 7.66. The lowest BCUT2D eigenvalue weighted by Gasteiger charge is -2.23. The molecule has 0 unspecified atom stereocenters. The summed E-state index contributed by atoms with van der Waals surface area (Å²) in [6.07, 6.45) is 4.44. The number of nitrogens with one attached hydrogen (secondary N) is 1. The highest BCUT2D eigenvalue weighted by Crippen LogP contribution is 2.22. The summed E-state index contributed by atoms with van der Waals surface area (Å²) in [5, 5.41) is 0.118. The summed E-state index contributed by atoms with van der Waals surface area (Å²) in [4.78, 5) is 6.45. The molecule has 0 saturated heterocycles. The number of benzene rings is 1. The number of sulfonamides is 1. The van der Waals surface area contributed by atoms with Crippen molar-refractivity contribution in [2.24, 2.45) is 0 Å². The summed E-state index contributed by atoms with van der Waals surface area (Å²) in [5.74, 6) is 0. The molecular weight excluding hydrogens is 262 g/mol. The van der Waals surface area contributed by atoms with Crippen molar-refractivity contribution in [2.75, 3.05) is 10.8 Å². The van der Waals surface area contributed by atoms with Gasteiger partial charge in [-0.15, -0.1) is 0 Å². The zero-order chi connectivity index (χ0) is 13.7. The van der Waals surface area contributed by atoms with Crippen LogP contribution in [0.1, 0.15) is 19.8 Å². The van der Waals surface area contributed by atoms with Gasteiger partial charge < -0.3 is 4.98 Å². The Balaban J connectivity index is 2.38. The molecule has 0 aliphatic heterocycles. The molecule has 5 nitrogen and oxygen atoms in total. The normalized spacial score (nSPS) is 11.4. The smallest absolute Gasteiger partial charge is 0.281 e. The zero-order valence-electron chi connectivity index (χ0n) is 10.8. The molecule has 19 heavy (non-hydrogen) atoms. The molecular formula is C13H17N3O2S. The molecule has 0 bridgehead atoms. The van der Waals surface area contributed by atoms with Crippen LogP contribution in [-0.2, 0) is 10.0 Å². The number of imidazole rings is 1. The number of anilines is 1. The third-order valence-electron chi connectivity index (χ3n) is 2.80. The van der Waals surface area contributed by atoms with Crippen LogP contribution in [0.15, 0.2) is 47.9 Å². The van der Waals surface area contributed by atoms with Crippen LogP contribution >= 0.6 is 0 Å². The second kappa shape index (κ2) is 5.88. The van der Waals surface area contributed by atoms with Crippen molar-refractivity contribution in [3.8, 4) is 0 Å². The van der Waals surface area contributed by atoms with Crippen LogP contribution in [-0.4, -0.2) is 24.9 Å². The minimum absolute atomic E-state index is 0.118. The van der Waals surface area contributed by atoms with E-state index in [1.807, 2.05) is 25.1 Å². The predicted octanol–water partition coefficient (Wildman–Crippen LogP) is 2.41. The Bertz CT molecular complexity index is 594. The topological polar surface area (TPSA) is 66.1 Å². The molecule has 0 spiro atoms. The second-order valence-electron chi connectivity index (χ2n) is 4.18. The monoisotopic (exact) mass is 279 g/mol. The Kier molecular flexibility index (Phi) is 4.21. The van der Waals surface area contributed by atoms with Crippen molar-refractivity contribution in [1.82, 2.24) is 9.97 Å². The first kappa shape index (κ1) is 13.6. The molecule has 102 valence electrons. The van der Waals surface area contributed by atoms with Crippen LogP contribution in [0, 0.1) is 0 Å². The second-order valence-corrected chi connectivity index (χ2v) is 6.01. The summed E-state index contributed by atoms with van der Waals surface area (Å²) < 4.78 is 26.5. The average molecular weight is 279 g/mol. The maximum atomic E-state index is 12.6. The van der Waals surface area contributed by atoms with E-state index in [1.54, 1.807) is 12.1 Å². The lowest BCUT2D eigenvalue weighted by molar-refractivity contribution is 0.585. The van der Waals surface area contributed by atoms with Gasteiger partial charge >= 0.3 is 0 Å². The van der Waals surface area contributed by atoms with E-state index in [0.717, 1.165) is 12.8 Å². The summed E-state index contributed by atoms with van der Waals surface area (Å²) in [6, 6.07) is 9.12. The number of hydrogen-bond donors (Lipinski definition) is 1. The lowest BCUT2D eigenvalue weighted by Crippen LogP contribution is -2.32. The SMILES string of the molecule is CCCCN(c1ccccc1)S(=O)(=O)c1cnc[nH]1. The van der Waals surface area contributed by atoms with Gasteiger partial charge in [0.15, 0.2) is 5.03 Å². The van der Waals surface area contributed by atoms with Crippen LogP contribution < -0.4 is 4.31 Å². The highest BCUT2D eigenvalue weighted by molar-refractivity contribution is 7.92. The van der Waals surface area contributed by atoms with Crippen LogP contribution in [0.5, 0.6) is 0 Å². The highest BCUT2D eigenvalue weighted by atomic mass is 32.2. The molecule has 0 fully saturated rings. The van der Waals surface area contributed by atoms with Gasteiger partial charge in [0.05, 0.1) is 18.2 Å². The fraction of sp³-hybridized carbons (Fsp3) is 0.308. The van der Waals surface area contributed by atoms with Gasteiger partial charge in [-0.25, -0.2) is 4.98 Å². The fourth-order valence-electron chi connectivity index (χ4n) is 1.79. The van der Waals surface area contributed by atoms with E-state index in [0.29, 0.717) is 12.2 Å². The van der Waals surface area contributed by atoms with Crippen LogP contribution in [0.3, 0.4) is 0 Å². The molecule has 0 aliphatic rings. The van der Waals surface area contributed by atoms with E-state index in [1.165, 1.54) is 16.8 Å². The van der Waals surface area contributed by atoms with Gasteiger partial charge in [0, 0.05) is 6.54 Å². The number of aromatic nitrogens is 2. The van der Waals surface area contributed by atoms with Gasteiger partial charge in [-0.3, -0.25) is 4.31 Å². The maximum Gasteiger partial charge on any atom is 0.281 e. The summed E-state index contributed by atoms with van der Waals surface area (Å²) in [7, 11) is -3.57. The Morgan fingerprint density at radius 3 is 2.58 bits per heavy atom. The summed E-state index contributed by atoms with van der Waals surface area (Å²) in [5.41, 5.74) is 0.672. The molecule has 2 aromatic rings. The Morgan fingerprint density at radius 2 is 2.00 bits per heavy atom. The van der Waals surface area contributed by atoms with Gasteiger partial charge in [0.2, 0.25) is 0 Å². The van der Waals surface area contributed by atoms with Gasteiger partial charge in [0.25, 0.3) is 10.0 Å². The minimum atomic E-state index is -3.57. The molecule has 0 amide bonds. The van der Waals surface area contributed by atoms with Crippen molar-refractivity contribution in [1.29, 1.82) is 0 Å². The van der Waals surface area contributed by atoms with Crippen LogP contribution in [0.4, 0.5) is 5.69 Å². The van der Waals surface area contributed by atoms with Crippen molar-refractivity contribution in [2.45, 2.75) is 24.8 Å². The van der Waals surface area contributed by atoms with E-state index < -0.39 is 10.0 Å². The molecule has 0 atom stereocenters. The Hall–Kier alpha value is -1.82. The molecule has 1 aromatic carbocycles. The molecule has 0 radical (unpaired) electrons. The molecule has 0 aliphatic carbocycles. The third-order valence-corrected chi connectivity index (χ3v) is 4.55. The van der Waals surface area contributed by atoms with E-state index in [-0.39, 0.29) is 5.03 Å².